The average Bonchev–Trinajstić information content (AvgIpc) is 1.66. The Kier molecular flexibility index (Phi) is 3.39. The van der Waals surface area contributed by atoms with Crippen LogP contribution in [0.15, 0.2) is 12.5 Å². The van der Waals surface area contributed by atoms with Gasteiger partial charge in [0.05, 0.1) is 13.4 Å². The minimum Gasteiger partial charge on any atom is -0.503 e. The molecule has 46 valence electrons. The van der Waals surface area contributed by atoms with Crippen molar-refractivity contribution in [3.63, 3.8) is 0 Å². The first-order valence-corrected chi connectivity index (χ1v) is 1.94. The molecule has 1 amide bonds. The van der Waals surface area contributed by atoms with Gasteiger partial charge in [-0.05, 0) is 0 Å². The van der Waals surface area contributed by atoms with E-state index in [2.05, 4.69) is 4.74 Å². The number of carbonyl (C=O) groups is 1. The van der Waals surface area contributed by atoms with E-state index in [0.29, 0.717) is 0 Å². The van der Waals surface area contributed by atoms with Crippen LogP contribution in [0.3, 0.4) is 0 Å². The van der Waals surface area contributed by atoms with E-state index < -0.39 is 6.09 Å². The maximum atomic E-state index is 9.66. The highest BCUT2D eigenvalue weighted by atomic mass is 16.5. The maximum Gasteiger partial charge on any atom is 0.408 e. The van der Waals surface area contributed by atoms with Crippen molar-refractivity contribution in [3.05, 3.63) is 12.5 Å². The second-order valence-electron chi connectivity index (χ2n) is 0.988. The Balaban J connectivity index is 3.16. The SMILES string of the molecule is COC=CNC(=O)O. The molecule has 0 aliphatic carbocycles. The fourth-order valence-corrected chi connectivity index (χ4v) is 0.173. The van der Waals surface area contributed by atoms with E-state index in [1.165, 1.54) is 19.6 Å². The Hall–Kier alpha value is -1.19. The summed E-state index contributed by atoms with van der Waals surface area (Å²) < 4.78 is 4.39. The van der Waals surface area contributed by atoms with E-state index in [1.54, 1.807) is 0 Å². The molecule has 0 spiro atoms. The largest absolute Gasteiger partial charge is 0.503 e. The summed E-state index contributed by atoms with van der Waals surface area (Å²) in [6, 6.07) is 0. The van der Waals surface area contributed by atoms with Gasteiger partial charge in [0.15, 0.2) is 0 Å². The topological polar surface area (TPSA) is 58.6 Å². The van der Waals surface area contributed by atoms with Gasteiger partial charge in [-0.1, -0.05) is 0 Å². The van der Waals surface area contributed by atoms with Gasteiger partial charge in [0.1, 0.15) is 0 Å². The number of amides is 1. The highest BCUT2D eigenvalue weighted by molar-refractivity contribution is 5.65. The molecule has 0 saturated heterocycles. The Morgan fingerprint density at radius 1 is 1.88 bits per heavy atom. The molecule has 0 atom stereocenters. The van der Waals surface area contributed by atoms with Crippen LogP contribution in [0.25, 0.3) is 0 Å². The van der Waals surface area contributed by atoms with E-state index >= 15 is 0 Å². The van der Waals surface area contributed by atoms with Gasteiger partial charge in [0.2, 0.25) is 0 Å². The van der Waals surface area contributed by atoms with Crippen LogP contribution in [-0.4, -0.2) is 18.3 Å². The lowest BCUT2D eigenvalue weighted by Crippen LogP contribution is -2.12. The van der Waals surface area contributed by atoms with Gasteiger partial charge in [-0.2, -0.15) is 0 Å². The molecule has 0 aliphatic rings. The molecule has 8 heavy (non-hydrogen) atoms. The minimum absolute atomic E-state index is 1.10. The molecule has 4 nitrogen and oxygen atoms in total. The van der Waals surface area contributed by atoms with Crippen LogP contribution in [0.2, 0.25) is 0 Å². The van der Waals surface area contributed by atoms with E-state index in [9.17, 15) is 4.79 Å². The van der Waals surface area contributed by atoms with E-state index in [4.69, 9.17) is 5.11 Å². The van der Waals surface area contributed by atoms with Crippen molar-refractivity contribution < 1.29 is 14.6 Å². The summed E-state index contributed by atoms with van der Waals surface area (Å²) in [6.45, 7) is 0. The summed E-state index contributed by atoms with van der Waals surface area (Å²) >= 11 is 0. The molecule has 0 aromatic rings. The van der Waals surface area contributed by atoms with E-state index in [1.807, 2.05) is 5.32 Å². The molecule has 0 aliphatic heterocycles. The van der Waals surface area contributed by atoms with Gasteiger partial charge in [0.25, 0.3) is 0 Å². The zero-order valence-corrected chi connectivity index (χ0v) is 4.42. The Bertz CT molecular complexity index is 99.5. The number of rotatable bonds is 2. The number of nitrogens with one attached hydrogen (secondary N) is 1. The molecule has 0 radical (unpaired) electrons. The number of ether oxygens (including phenoxy) is 1. The van der Waals surface area contributed by atoms with Gasteiger partial charge in [0, 0.05) is 6.20 Å². The van der Waals surface area contributed by atoms with Crippen molar-refractivity contribution in [2.75, 3.05) is 7.11 Å². The lowest BCUT2D eigenvalue weighted by Gasteiger charge is -1.87. The van der Waals surface area contributed by atoms with Gasteiger partial charge in [-0.3, -0.25) is 5.32 Å². The maximum absolute atomic E-state index is 9.66. The summed E-state index contributed by atoms with van der Waals surface area (Å²) in [4.78, 5) is 9.66. The fourth-order valence-electron chi connectivity index (χ4n) is 0.173. The number of carboxylic acid groups (broad SMARTS) is 1. The molecule has 2 N–H and O–H groups in total. The third-order valence-corrected chi connectivity index (χ3v) is 0.411. The predicted octanol–water partition coefficient (Wildman–Crippen LogP) is 0.372. The molecule has 0 aromatic carbocycles. The first-order chi connectivity index (χ1) is 3.77. The molecule has 0 bridgehead atoms. The molecule has 0 unspecified atom stereocenters. The molecule has 4 heteroatoms. The number of methoxy groups -OCH3 is 1. The molecule has 0 aromatic heterocycles. The second kappa shape index (κ2) is 3.98. The van der Waals surface area contributed by atoms with Crippen LogP contribution < -0.4 is 5.32 Å². The Labute approximate surface area is 46.8 Å². The third-order valence-electron chi connectivity index (χ3n) is 0.411. The second-order valence-corrected chi connectivity index (χ2v) is 0.988. The summed E-state index contributed by atoms with van der Waals surface area (Å²) in [5.41, 5.74) is 0. The first kappa shape index (κ1) is 6.81. The quantitative estimate of drug-likeness (QED) is 0.514. The Morgan fingerprint density at radius 2 is 2.50 bits per heavy atom. The van der Waals surface area contributed by atoms with Crippen LogP contribution in [0.4, 0.5) is 4.79 Å². The van der Waals surface area contributed by atoms with Gasteiger partial charge in [-0.25, -0.2) is 4.79 Å². The summed E-state index contributed by atoms with van der Waals surface area (Å²) in [5, 5.41) is 9.88. The summed E-state index contributed by atoms with van der Waals surface area (Å²) in [5.74, 6) is 0. The molecular formula is C4H7NO3. The standard InChI is InChI=1S/C4H7NO3/c1-8-3-2-5-4(6)7/h2-3,5H,1H3,(H,6,7). The van der Waals surface area contributed by atoms with Gasteiger partial charge >= 0.3 is 6.09 Å². The zero-order chi connectivity index (χ0) is 6.41. The van der Waals surface area contributed by atoms with Gasteiger partial charge in [-0.15, -0.1) is 0 Å². The zero-order valence-electron chi connectivity index (χ0n) is 4.42. The smallest absolute Gasteiger partial charge is 0.408 e. The lowest BCUT2D eigenvalue weighted by molar-refractivity contribution is 0.198. The minimum atomic E-state index is -1.10. The van der Waals surface area contributed by atoms with Crippen LogP contribution in [0.5, 0.6) is 0 Å². The normalized spacial score (nSPS) is 9.12. The molecule has 0 fully saturated rings. The predicted molar refractivity (Wildman–Crippen MR) is 27.3 cm³/mol. The summed E-state index contributed by atoms with van der Waals surface area (Å²) in [6.07, 6.45) is 1.31. The monoisotopic (exact) mass is 117 g/mol. The van der Waals surface area contributed by atoms with E-state index in [-0.39, 0.29) is 0 Å². The van der Waals surface area contributed by atoms with E-state index in [0.717, 1.165) is 0 Å². The molecule has 0 heterocycles. The van der Waals surface area contributed by atoms with Crippen molar-refractivity contribution >= 4 is 6.09 Å². The van der Waals surface area contributed by atoms with Crippen LogP contribution in [-0.2, 0) is 4.74 Å². The van der Waals surface area contributed by atoms with Crippen molar-refractivity contribution in [1.29, 1.82) is 0 Å². The van der Waals surface area contributed by atoms with Crippen molar-refractivity contribution in [2.24, 2.45) is 0 Å². The van der Waals surface area contributed by atoms with Crippen molar-refractivity contribution in [3.8, 4) is 0 Å². The molecule has 0 saturated carbocycles. The van der Waals surface area contributed by atoms with Crippen LogP contribution in [0, 0.1) is 0 Å². The highest BCUT2D eigenvalue weighted by Crippen LogP contribution is 1.66. The lowest BCUT2D eigenvalue weighted by atomic mass is 10.9. The van der Waals surface area contributed by atoms with Crippen molar-refractivity contribution in [2.45, 2.75) is 0 Å². The van der Waals surface area contributed by atoms with Crippen molar-refractivity contribution in [1.82, 2.24) is 5.32 Å². The third kappa shape index (κ3) is 4.81. The molecular weight excluding hydrogens is 110 g/mol. The fraction of sp³-hybridized carbons (Fsp3) is 0.250. The van der Waals surface area contributed by atoms with Crippen LogP contribution in [0.1, 0.15) is 0 Å². The summed E-state index contributed by atoms with van der Waals surface area (Å²) in [7, 11) is 1.43. The Morgan fingerprint density at radius 3 is 2.88 bits per heavy atom. The highest BCUT2D eigenvalue weighted by Gasteiger charge is 1.82. The van der Waals surface area contributed by atoms with Crippen LogP contribution >= 0.6 is 0 Å². The first-order valence-electron chi connectivity index (χ1n) is 1.94. The number of hydrogen-bond acceptors (Lipinski definition) is 2. The number of hydrogen-bond donors (Lipinski definition) is 2. The molecule has 0 rings (SSSR count). The average molecular weight is 117 g/mol. The van der Waals surface area contributed by atoms with Gasteiger partial charge < -0.3 is 9.84 Å².